The molecule has 0 fully saturated rings. The number of benzene rings is 2. The van der Waals surface area contributed by atoms with Gasteiger partial charge < -0.3 is 0 Å². The third-order valence-electron chi connectivity index (χ3n) is 2.73. The van der Waals surface area contributed by atoms with E-state index in [0.29, 0.717) is 10.4 Å². The summed E-state index contributed by atoms with van der Waals surface area (Å²) in [5.74, 6) is 0. The van der Waals surface area contributed by atoms with E-state index in [0.717, 1.165) is 15.7 Å². The molecule has 3 nitrogen and oxygen atoms in total. The largest absolute Gasteiger partial charge is 0.290 e. The Morgan fingerprint density at radius 3 is 2.56 bits per heavy atom. The van der Waals surface area contributed by atoms with Crippen molar-refractivity contribution in [2.75, 3.05) is 0 Å². The van der Waals surface area contributed by atoms with Crippen molar-refractivity contribution in [3.63, 3.8) is 0 Å². The first kappa shape index (κ1) is 11.6. The molecule has 0 unspecified atom stereocenters. The summed E-state index contributed by atoms with van der Waals surface area (Å²) in [4.78, 5) is 12.2. The van der Waals surface area contributed by atoms with Gasteiger partial charge >= 0.3 is 0 Å². The number of H-pyrrole nitrogens is 1. The van der Waals surface area contributed by atoms with Crippen molar-refractivity contribution in [2.24, 2.45) is 0 Å². The second kappa shape index (κ2) is 4.30. The van der Waals surface area contributed by atoms with Crippen LogP contribution in [-0.4, -0.2) is 9.78 Å². The summed E-state index contributed by atoms with van der Waals surface area (Å²) in [7, 11) is 0. The first-order chi connectivity index (χ1) is 8.65. The van der Waals surface area contributed by atoms with Gasteiger partial charge in [0, 0.05) is 9.50 Å². The molecule has 1 aromatic heterocycles. The molecule has 1 N–H and O–H groups in total. The number of aromatic nitrogens is 2. The molecule has 0 saturated heterocycles. The first-order valence-corrected chi connectivity index (χ1v) is 6.48. The highest BCUT2D eigenvalue weighted by molar-refractivity contribution is 9.10. The van der Waals surface area contributed by atoms with Gasteiger partial charge in [-0.15, -0.1) is 0 Å². The van der Waals surface area contributed by atoms with Crippen molar-refractivity contribution in [1.29, 1.82) is 0 Å². The minimum atomic E-state index is -0.0796. The van der Waals surface area contributed by atoms with Gasteiger partial charge in [0.2, 0.25) is 0 Å². The van der Waals surface area contributed by atoms with Gasteiger partial charge in [-0.2, -0.15) is 0 Å². The van der Waals surface area contributed by atoms with Gasteiger partial charge in [-0.05, 0) is 42.5 Å². The summed E-state index contributed by atoms with van der Waals surface area (Å²) in [6, 6.07) is 12.7. The van der Waals surface area contributed by atoms with Crippen LogP contribution in [0.3, 0.4) is 0 Å². The van der Waals surface area contributed by atoms with Crippen LogP contribution in [0.1, 0.15) is 0 Å². The van der Waals surface area contributed by atoms with E-state index in [1.807, 2.05) is 24.3 Å². The van der Waals surface area contributed by atoms with Gasteiger partial charge in [-0.25, -0.2) is 4.68 Å². The highest BCUT2D eigenvalue weighted by Gasteiger charge is 2.08. The van der Waals surface area contributed by atoms with Gasteiger partial charge in [-0.3, -0.25) is 9.89 Å². The van der Waals surface area contributed by atoms with Crippen molar-refractivity contribution in [3.8, 4) is 5.69 Å². The molecule has 18 heavy (non-hydrogen) atoms. The summed E-state index contributed by atoms with van der Waals surface area (Å²) in [6.07, 6.45) is 0. The van der Waals surface area contributed by atoms with E-state index in [-0.39, 0.29) is 5.56 Å². The van der Waals surface area contributed by atoms with Gasteiger partial charge in [0.05, 0.1) is 16.6 Å². The Morgan fingerprint density at radius 1 is 1.11 bits per heavy atom. The first-order valence-electron chi connectivity index (χ1n) is 5.31. The molecule has 3 aromatic rings. The van der Waals surface area contributed by atoms with Gasteiger partial charge in [-0.1, -0.05) is 27.5 Å². The second-order valence-corrected chi connectivity index (χ2v) is 5.27. The van der Waals surface area contributed by atoms with Crippen molar-refractivity contribution in [2.45, 2.75) is 0 Å². The van der Waals surface area contributed by atoms with Crippen LogP contribution in [0, 0.1) is 0 Å². The zero-order valence-corrected chi connectivity index (χ0v) is 11.5. The van der Waals surface area contributed by atoms with Crippen molar-refractivity contribution in [3.05, 3.63) is 62.3 Å². The van der Waals surface area contributed by atoms with Crippen LogP contribution in [0.15, 0.2) is 51.7 Å². The maximum Gasteiger partial charge on any atom is 0.279 e. The Morgan fingerprint density at radius 2 is 1.83 bits per heavy atom. The minimum absolute atomic E-state index is 0.0796. The zero-order chi connectivity index (χ0) is 12.7. The summed E-state index contributed by atoms with van der Waals surface area (Å²) in [5, 5.41) is 4.28. The molecule has 5 heteroatoms. The number of halogens is 2. The van der Waals surface area contributed by atoms with Gasteiger partial charge in [0.15, 0.2) is 0 Å². The van der Waals surface area contributed by atoms with E-state index in [9.17, 15) is 4.79 Å². The molecule has 0 radical (unpaired) electrons. The van der Waals surface area contributed by atoms with Crippen LogP contribution < -0.4 is 5.56 Å². The quantitative estimate of drug-likeness (QED) is 0.728. The third kappa shape index (κ3) is 1.87. The number of nitrogens with one attached hydrogen (secondary N) is 1. The molecule has 0 bridgehead atoms. The standard InChI is InChI=1S/C13H8BrClN2O/c14-8-1-4-10(5-2-8)17-13(18)11-6-3-9(15)7-12(11)16-17/h1-7,16H. The van der Waals surface area contributed by atoms with Gasteiger partial charge in [0.25, 0.3) is 5.56 Å². The molecule has 0 spiro atoms. The predicted octanol–water partition coefficient (Wildman–Crippen LogP) is 3.73. The zero-order valence-electron chi connectivity index (χ0n) is 9.15. The highest BCUT2D eigenvalue weighted by Crippen LogP contribution is 2.17. The number of rotatable bonds is 1. The molecule has 0 aliphatic heterocycles. The number of hydrogen-bond acceptors (Lipinski definition) is 1. The summed E-state index contributed by atoms with van der Waals surface area (Å²) < 4.78 is 2.48. The van der Waals surface area contributed by atoms with E-state index < -0.39 is 0 Å². The van der Waals surface area contributed by atoms with E-state index in [4.69, 9.17) is 11.6 Å². The molecule has 1 heterocycles. The fourth-order valence-electron chi connectivity index (χ4n) is 1.86. The minimum Gasteiger partial charge on any atom is -0.290 e. The highest BCUT2D eigenvalue weighted by atomic mass is 79.9. The molecule has 0 aliphatic rings. The molecule has 0 atom stereocenters. The third-order valence-corrected chi connectivity index (χ3v) is 3.50. The van der Waals surface area contributed by atoms with Gasteiger partial charge in [0.1, 0.15) is 0 Å². The monoisotopic (exact) mass is 322 g/mol. The molecule has 2 aromatic carbocycles. The lowest BCUT2D eigenvalue weighted by Crippen LogP contribution is -2.13. The topological polar surface area (TPSA) is 37.8 Å². The van der Waals surface area contributed by atoms with E-state index in [1.165, 1.54) is 4.68 Å². The van der Waals surface area contributed by atoms with Crippen molar-refractivity contribution in [1.82, 2.24) is 9.78 Å². The smallest absolute Gasteiger partial charge is 0.279 e. The van der Waals surface area contributed by atoms with E-state index in [1.54, 1.807) is 18.2 Å². The Labute approximate surface area is 116 Å². The predicted molar refractivity (Wildman–Crippen MR) is 76.6 cm³/mol. The Kier molecular flexibility index (Phi) is 2.76. The SMILES string of the molecule is O=c1c2ccc(Cl)cc2[nH]n1-c1ccc(Br)cc1. The molecule has 0 saturated carbocycles. The molecule has 90 valence electrons. The molecular weight excluding hydrogens is 316 g/mol. The number of aromatic amines is 1. The molecule has 3 rings (SSSR count). The Balaban J connectivity index is 2.27. The number of hydrogen-bond donors (Lipinski definition) is 1. The lowest BCUT2D eigenvalue weighted by molar-refractivity contribution is 0.863. The fourth-order valence-corrected chi connectivity index (χ4v) is 2.30. The summed E-state index contributed by atoms with van der Waals surface area (Å²) in [6.45, 7) is 0. The van der Waals surface area contributed by atoms with Crippen LogP contribution in [0.5, 0.6) is 0 Å². The van der Waals surface area contributed by atoms with E-state index >= 15 is 0 Å². The van der Waals surface area contributed by atoms with Crippen molar-refractivity contribution < 1.29 is 0 Å². The van der Waals surface area contributed by atoms with Crippen LogP contribution in [0.4, 0.5) is 0 Å². The maximum absolute atomic E-state index is 12.2. The average molecular weight is 324 g/mol. The summed E-state index contributed by atoms with van der Waals surface area (Å²) in [5.41, 5.74) is 1.44. The number of fused-ring (bicyclic) bond motifs is 1. The molecule has 0 amide bonds. The van der Waals surface area contributed by atoms with Crippen LogP contribution in [0.2, 0.25) is 5.02 Å². The number of nitrogens with zero attached hydrogens (tertiary/aromatic N) is 1. The summed E-state index contributed by atoms with van der Waals surface area (Å²) >= 11 is 9.28. The fraction of sp³-hybridized carbons (Fsp3) is 0. The lowest BCUT2D eigenvalue weighted by atomic mass is 10.2. The van der Waals surface area contributed by atoms with Crippen LogP contribution >= 0.6 is 27.5 Å². The molecule has 0 aliphatic carbocycles. The second-order valence-electron chi connectivity index (χ2n) is 3.92. The van der Waals surface area contributed by atoms with Crippen LogP contribution in [-0.2, 0) is 0 Å². The maximum atomic E-state index is 12.2. The van der Waals surface area contributed by atoms with E-state index in [2.05, 4.69) is 21.0 Å². The van der Waals surface area contributed by atoms with Crippen LogP contribution in [0.25, 0.3) is 16.6 Å². The Hall–Kier alpha value is -1.52. The Bertz CT molecular complexity index is 774. The lowest BCUT2D eigenvalue weighted by Gasteiger charge is -2.00. The normalized spacial score (nSPS) is 11.0. The average Bonchev–Trinajstić information content (AvgIpc) is 2.67. The molecular formula is C13H8BrClN2O. The van der Waals surface area contributed by atoms with Crippen molar-refractivity contribution >= 4 is 38.4 Å².